The maximum atomic E-state index is 12.3. The third kappa shape index (κ3) is 5.04. The van der Waals surface area contributed by atoms with Crippen LogP contribution in [0.1, 0.15) is 56.3 Å². The van der Waals surface area contributed by atoms with Crippen LogP contribution in [0, 0.1) is 12.3 Å². The van der Waals surface area contributed by atoms with Gasteiger partial charge in [-0.05, 0) is 81.1 Å². The Labute approximate surface area is 222 Å². The number of rotatable bonds is 8. The lowest BCUT2D eigenvalue weighted by Gasteiger charge is -2.35. The van der Waals surface area contributed by atoms with Crippen molar-refractivity contribution in [1.82, 2.24) is 25.0 Å². The van der Waals surface area contributed by atoms with Crippen molar-refractivity contribution in [2.45, 2.75) is 51.9 Å². The van der Waals surface area contributed by atoms with Gasteiger partial charge in [-0.15, -0.1) is 5.10 Å². The van der Waals surface area contributed by atoms with Gasteiger partial charge in [-0.25, -0.2) is 18.1 Å². The van der Waals surface area contributed by atoms with E-state index in [4.69, 9.17) is 10.1 Å². The fourth-order valence-corrected chi connectivity index (χ4v) is 6.37. The van der Waals surface area contributed by atoms with Gasteiger partial charge in [0.1, 0.15) is 11.4 Å². The van der Waals surface area contributed by atoms with Crippen molar-refractivity contribution in [3.8, 4) is 17.1 Å². The Morgan fingerprint density at radius 2 is 1.92 bits per heavy atom. The van der Waals surface area contributed by atoms with Crippen LogP contribution in [0.2, 0.25) is 0 Å². The molecular weight excluding hydrogens is 502 g/mol. The topological polar surface area (TPSA) is 126 Å². The first kappa shape index (κ1) is 25.0. The molecule has 2 fully saturated rings. The third-order valence-electron chi connectivity index (χ3n) is 8.03. The minimum absolute atomic E-state index is 0.348. The third-order valence-corrected chi connectivity index (χ3v) is 9.30. The summed E-state index contributed by atoms with van der Waals surface area (Å²) in [4.78, 5) is 11.8. The standard InChI is InChI=1S/C27H33N7O3S/c1-19-26(20-4-2-3-5-20)29-22(17-28-19)23-18-34(32-30-23)24-7-6-21(31-38(36,37)15-14-35)16-25(24)33-12-10-27(8-9-27)11-13-33/h4,6-7,16-18,31,35H,2-3,5,8-15H2,1H3. The molecule has 3 aromatic rings. The maximum absolute atomic E-state index is 12.3. The number of aliphatic hydroxyl groups excluding tert-OH is 1. The SMILES string of the molecule is Cc1ncc(-c2cn(-c3ccc(NS(=O)(=O)CCO)cc3N3CCC4(CC3)CC4)nn2)nc1C1=CCCC1. The van der Waals surface area contributed by atoms with Gasteiger partial charge in [0.15, 0.2) is 0 Å². The molecule has 38 heavy (non-hydrogen) atoms. The normalized spacial score (nSPS) is 18.6. The number of aliphatic hydroxyl groups is 1. The second-order valence-corrected chi connectivity index (χ2v) is 12.5. The highest BCUT2D eigenvalue weighted by molar-refractivity contribution is 7.92. The molecule has 2 N–H and O–H groups in total. The Balaban J connectivity index is 1.33. The quantitative estimate of drug-likeness (QED) is 0.447. The van der Waals surface area contributed by atoms with Gasteiger partial charge in [0.25, 0.3) is 0 Å². The van der Waals surface area contributed by atoms with Crippen LogP contribution in [0.25, 0.3) is 22.6 Å². The summed E-state index contributed by atoms with van der Waals surface area (Å²) in [5.74, 6) is -0.348. The number of piperidine rings is 1. The molecule has 1 spiro atoms. The van der Waals surface area contributed by atoms with Gasteiger partial charge in [0.05, 0.1) is 53.2 Å². The summed E-state index contributed by atoms with van der Waals surface area (Å²) < 4.78 is 28.9. The van der Waals surface area contributed by atoms with Crippen LogP contribution in [-0.4, -0.2) is 63.9 Å². The average Bonchev–Trinajstić information content (AvgIpc) is 3.28. The summed E-state index contributed by atoms with van der Waals surface area (Å²) in [6.45, 7) is 3.36. The second-order valence-electron chi connectivity index (χ2n) is 10.7. The van der Waals surface area contributed by atoms with Crippen LogP contribution in [0.4, 0.5) is 11.4 Å². The van der Waals surface area contributed by atoms with E-state index in [0.29, 0.717) is 22.5 Å². The summed E-state index contributed by atoms with van der Waals surface area (Å²) in [5.41, 5.74) is 7.07. The molecule has 1 aromatic carbocycles. The summed E-state index contributed by atoms with van der Waals surface area (Å²) in [6, 6.07) is 5.44. The molecule has 200 valence electrons. The molecular formula is C27H33N7O3S. The van der Waals surface area contributed by atoms with Crippen LogP contribution < -0.4 is 9.62 Å². The Morgan fingerprint density at radius 3 is 2.63 bits per heavy atom. The molecule has 6 rings (SSSR count). The molecule has 10 nitrogen and oxygen atoms in total. The summed E-state index contributed by atoms with van der Waals surface area (Å²) in [5, 5.41) is 18.0. The van der Waals surface area contributed by atoms with E-state index in [1.807, 2.05) is 25.3 Å². The van der Waals surface area contributed by atoms with Gasteiger partial charge in [-0.3, -0.25) is 9.71 Å². The van der Waals surface area contributed by atoms with Crippen LogP contribution in [0.15, 0.2) is 36.7 Å². The predicted molar refractivity (Wildman–Crippen MR) is 147 cm³/mol. The Morgan fingerprint density at radius 1 is 1.11 bits per heavy atom. The monoisotopic (exact) mass is 535 g/mol. The molecule has 2 aromatic heterocycles. The van der Waals surface area contributed by atoms with E-state index in [2.05, 4.69) is 31.0 Å². The zero-order valence-corrected chi connectivity index (χ0v) is 22.4. The molecule has 2 aliphatic carbocycles. The highest BCUT2D eigenvalue weighted by atomic mass is 32.2. The van der Waals surface area contributed by atoms with Gasteiger partial charge in [0, 0.05) is 13.1 Å². The molecule has 0 amide bonds. The fourth-order valence-electron chi connectivity index (χ4n) is 5.55. The van der Waals surface area contributed by atoms with E-state index in [1.165, 1.54) is 18.4 Å². The van der Waals surface area contributed by atoms with Crippen molar-refractivity contribution in [3.05, 3.63) is 48.1 Å². The van der Waals surface area contributed by atoms with E-state index in [9.17, 15) is 8.42 Å². The fraction of sp³-hybridized carbons (Fsp3) is 0.481. The Bertz CT molecular complexity index is 1480. The summed E-state index contributed by atoms with van der Waals surface area (Å²) >= 11 is 0. The van der Waals surface area contributed by atoms with Crippen molar-refractivity contribution in [1.29, 1.82) is 0 Å². The number of nitrogens with zero attached hydrogens (tertiary/aromatic N) is 6. The average molecular weight is 536 g/mol. The Hall–Kier alpha value is -3.31. The molecule has 11 heteroatoms. The van der Waals surface area contributed by atoms with Gasteiger partial charge in [-0.2, -0.15) is 0 Å². The van der Waals surface area contributed by atoms with Gasteiger partial charge in [-0.1, -0.05) is 11.3 Å². The van der Waals surface area contributed by atoms with E-state index in [1.54, 1.807) is 16.9 Å². The number of hydrogen-bond donors (Lipinski definition) is 2. The van der Waals surface area contributed by atoms with Crippen LogP contribution in [-0.2, 0) is 10.0 Å². The zero-order valence-electron chi connectivity index (χ0n) is 21.6. The molecule has 0 radical (unpaired) electrons. The summed E-state index contributed by atoms with van der Waals surface area (Å²) in [7, 11) is -3.64. The molecule has 0 atom stereocenters. The molecule has 1 saturated carbocycles. The number of hydrogen-bond acceptors (Lipinski definition) is 8. The first-order chi connectivity index (χ1) is 18.3. The number of anilines is 2. The van der Waals surface area contributed by atoms with Gasteiger partial charge in [0.2, 0.25) is 10.0 Å². The molecule has 3 heterocycles. The second kappa shape index (κ2) is 9.77. The van der Waals surface area contributed by atoms with E-state index in [0.717, 1.165) is 68.0 Å². The zero-order chi connectivity index (χ0) is 26.3. The number of allylic oxidation sites excluding steroid dienone is 2. The van der Waals surface area contributed by atoms with Crippen molar-refractivity contribution >= 4 is 27.0 Å². The number of aryl methyl sites for hydroxylation is 1. The van der Waals surface area contributed by atoms with Crippen LogP contribution in [0.5, 0.6) is 0 Å². The van der Waals surface area contributed by atoms with E-state index in [-0.39, 0.29) is 5.75 Å². The summed E-state index contributed by atoms with van der Waals surface area (Å²) in [6.07, 6.45) is 13.9. The first-order valence-electron chi connectivity index (χ1n) is 13.3. The van der Waals surface area contributed by atoms with E-state index < -0.39 is 16.6 Å². The molecule has 1 aliphatic heterocycles. The minimum atomic E-state index is -3.64. The predicted octanol–water partition coefficient (Wildman–Crippen LogP) is 3.71. The van der Waals surface area contributed by atoms with Crippen molar-refractivity contribution in [3.63, 3.8) is 0 Å². The molecule has 0 unspecified atom stereocenters. The van der Waals surface area contributed by atoms with Crippen molar-refractivity contribution in [2.24, 2.45) is 5.41 Å². The Kier molecular flexibility index (Phi) is 6.43. The molecule has 3 aliphatic rings. The van der Waals surface area contributed by atoms with E-state index >= 15 is 0 Å². The lowest BCUT2D eigenvalue weighted by atomic mass is 9.93. The highest BCUT2D eigenvalue weighted by Gasteiger charge is 2.44. The van der Waals surface area contributed by atoms with Crippen LogP contribution in [0.3, 0.4) is 0 Å². The lowest BCUT2D eigenvalue weighted by molar-refractivity contribution is 0.320. The largest absolute Gasteiger partial charge is 0.395 e. The maximum Gasteiger partial charge on any atom is 0.234 e. The minimum Gasteiger partial charge on any atom is -0.395 e. The first-order valence-corrected chi connectivity index (χ1v) is 15.0. The smallest absolute Gasteiger partial charge is 0.234 e. The van der Waals surface area contributed by atoms with Crippen molar-refractivity contribution < 1.29 is 13.5 Å². The van der Waals surface area contributed by atoms with Crippen LogP contribution >= 0.6 is 0 Å². The molecule has 0 bridgehead atoms. The highest BCUT2D eigenvalue weighted by Crippen LogP contribution is 2.54. The lowest BCUT2D eigenvalue weighted by Crippen LogP contribution is -2.35. The van der Waals surface area contributed by atoms with Gasteiger partial charge >= 0.3 is 0 Å². The van der Waals surface area contributed by atoms with Crippen molar-refractivity contribution in [2.75, 3.05) is 35.1 Å². The number of nitrogens with one attached hydrogen (secondary N) is 1. The number of aromatic nitrogens is 5. The number of sulfonamides is 1. The van der Waals surface area contributed by atoms with Gasteiger partial charge < -0.3 is 10.0 Å². The number of benzene rings is 1. The molecule has 1 saturated heterocycles.